The zero-order valence-corrected chi connectivity index (χ0v) is 9.06. The molecule has 0 spiro atoms. The van der Waals surface area contributed by atoms with E-state index in [1.165, 1.54) is 0 Å². The van der Waals surface area contributed by atoms with Crippen molar-refractivity contribution in [1.82, 2.24) is 0 Å². The van der Waals surface area contributed by atoms with Crippen LogP contribution in [0.25, 0.3) is 0 Å². The predicted octanol–water partition coefficient (Wildman–Crippen LogP) is 0.410. The topological polar surface area (TPSA) is 83.8 Å². The molecule has 0 amide bonds. The Bertz CT molecular complexity index is 286. The number of ether oxygens (including phenoxy) is 1. The molecule has 0 bridgehead atoms. The molecule has 0 radical (unpaired) electrons. The lowest BCUT2D eigenvalue weighted by Gasteiger charge is -2.26. The maximum Gasteiger partial charge on any atom is 0.350 e. The van der Waals surface area contributed by atoms with Crippen LogP contribution in [0.3, 0.4) is 0 Å². The number of aliphatic hydroxyl groups is 1. The average molecular weight is 216 g/mol. The molecule has 86 valence electrons. The van der Waals surface area contributed by atoms with Crippen molar-refractivity contribution in [3.05, 3.63) is 0 Å². The van der Waals surface area contributed by atoms with E-state index in [1.54, 1.807) is 20.8 Å². The van der Waals surface area contributed by atoms with E-state index in [0.29, 0.717) is 0 Å². The lowest BCUT2D eigenvalue weighted by molar-refractivity contribution is -0.176. The number of carboxylic acid groups (broad SMARTS) is 1. The second kappa shape index (κ2) is 3.81. The summed E-state index contributed by atoms with van der Waals surface area (Å²) < 4.78 is 4.86. The van der Waals surface area contributed by atoms with Crippen LogP contribution in [0, 0.1) is 11.8 Å². The first-order chi connectivity index (χ1) is 6.86. The molecule has 5 nitrogen and oxygen atoms in total. The fourth-order valence-electron chi connectivity index (χ4n) is 1.97. The van der Waals surface area contributed by atoms with Crippen molar-refractivity contribution in [2.45, 2.75) is 38.9 Å². The van der Waals surface area contributed by atoms with Crippen molar-refractivity contribution in [3.8, 4) is 0 Å². The van der Waals surface area contributed by atoms with Gasteiger partial charge in [-0.15, -0.1) is 0 Å². The Morgan fingerprint density at radius 1 is 1.60 bits per heavy atom. The number of hydrogen-bond donors (Lipinski definition) is 2. The fourth-order valence-corrected chi connectivity index (χ4v) is 1.97. The van der Waals surface area contributed by atoms with Crippen LogP contribution in [0.5, 0.6) is 0 Å². The summed E-state index contributed by atoms with van der Waals surface area (Å²) in [5.74, 6) is -2.79. The molecular weight excluding hydrogens is 200 g/mol. The van der Waals surface area contributed by atoms with E-state index in [1.807, 2.05) is 0 Å². The van der Waals surface area contributed by atoms with E-state index in [9.17, 15) is 14.7 Å². The van der Waals surface area contributed by atoms with Crippen LogP contribution in [-0.2, 0) is 14.3 Å². The summed E-state index contributed by atoms with van der Waals surface area (Å²) in [5.41, 5.74) is -1.76. The SMILES string of the molecule is CCC1(C(=O)O)OC(=O)C(C(C)C)C1O. The van der Waals surface area contributed by atoms with Gasteiger partial charge in [0.05, 0.1) is 5.92 Å². The number of cyclic esters (lactones) is 1. The number of carbonyl (C=O) groups excluding carboxylic acids is 1. The minimum atomic E-state index is -1.76. The van der Waals surface area contributed by atoms with Gasteiger partial charge in [-0.3, -0.25) is 4.79 Å². The van der Waals surface area contributed by atoms with Crippen molar-refractivity contribution in [1.29, 1.82) is 0 Å². The van der Waals surface area contributed by atoms with Gasteiger partial charge in [-0.1, -0.05) is 20.8 Å². The molecule has 0 saturated carbocycles. The van der Waals surface area contributed by atoms with E-state index in [0.717, 1.165) is 0 Å². The zero-order chi connectivity index (χ0) is 11.8. The van der Waals surface area contributed by atoms with E-state index >= 15 is 0 Å². The Balaban J connectivity index is 3.07. The molecule has 3 unspecified atom stereocenters. The lowest BCUT2D eigenvalue weighted by atomic mass is 9.82. The van der Waals surface area contributed by atoms with Gasteiger partial charge in [0, 0.05) is 0 Å². The van der Waals surface area contributed by atoms with Crippen LogP contribution in [0.2, 0.25) is 0 Å². The molecule has 2 N–H and O–H groups in total. The molecule has 0 aromatic rings. The van der Waals surface area contributed by atoms with E-state index in [2.05, 4.69) is 0 Å². The smallest absolute Gasteiger partial charge is 0.350 e. The van der Waals surface area contributed by atoms with Crippen molar-refractivity contribution in [3.63, 3.8) is 0 Å². The molecule has 0 aliphatic carbocycles. The van der Waals surface area contributed by atoms with Crippen LogP contribution >= 0.6 is 0 Å². The summed E-state index contributed by atoms with van der Waals surface area (Å²) >= 11 is 0. The molecule has 1 aliphatic rings. The Hall–Kier alpha value is -1.10. The Morgan fingerprint density at radius 2 is 2.13 bits per heavy atom. The minimum absolute atomic E-state index is 0.0679. The summed E-state index contributed by atoms with van der Waals surface area (Å²) in [6, 6.07) is 0. The van der Waals surface area contributed by atoms with Gasteiger partial charge in [0.2, 0.25) is 5.60 Å². The van der Waals surface area contributed by atoms with Gasteiger partial charge in [0.25, 0.3) is 0 Å². The molecule has 1 saturated heterocycles. The van der Waals surface area contributed by atoms with E-state index in [-0.39, 0.29) is 12.3 Å². The maximum atomic E-state index is 11.5. The number of hydrogen-bond acceptors (Lipinski definition) is 4. The van der Waals surface area contributed by atoms with Crippen molar-refractivity contribution in [2.75, 3.05) is 0 Å². The molecule has 1 rings (SSSR count). The zero-order valence-electron chi connectivity index (χ0n) is 9.06. The summed E-state index contributed by atoms with van der Waals surface area (Å²) in [7, 11) is 0. The average Bonchev–Trinajstić information content (AvgIpc) is 2.38. The third kappa shape index (κ3) is 1.61. The Labute approximate surface area is 88.0 Å². The third-order valence-electron chi connectivity index (χ3n) is 2.98. The number of carboxylic acids is 1. The van der Waals surface area contributed by atoms with E-state index < -0.39 is 29.6 Å². The summed E-state index contributed by atoms with van der Waals surface area (Å²) in [6.45, 7) is 5.08. The highest BCUT2D eigenvalue weighted by atomic mass is 16.6. The molecule has 15 heavy (non-hydrogen) atoms. The van der Waals surface area contributed by atoms with Gasteiger partial charge in [0.15, 0.2) is 0 Å². The number of aliphatic carboxylic acids is 1. The van der Waals surface area contributed by atoms with Crippen LogP contribution in [-0.4, -0.2) is 33.9 Å². The number of carbonyl (C=O) groups is 2. The number of rotatable bonds is 3. The van der Waals surface area contributed by atoms with Gasteiger partial charge < -0.3 is 14.9 Å². The molecule has 0 aromatic heterocycles. The van der Waals surface area contributed by atoms with Crippen LogP contribution in [0.15, 0.2) is 0 Å². The second-order valence-electron chi connectivity index (χ2n) is 4.18. The van der Waals surface area contributed by atoms with Crippen molar-refractivity contribution in [2.24, 2.45) is 11.8 Å². The van der Waals surface area contributed by atoms with Gasteiger partial charge in [-0.05, 0) is 12.3 Å². The highest BCUT2D eigenvalue weighted by Gasteiger charge is 2.59. The third-order valence-corrected chi connectivity index (χ3v) is 2.98. The van der Waals surface area contributed by atoms with Gasteiger partial charge in [-0.25, -0.2) is 4.79 Å². The second-order valence-corrected chi connectivity index (χ2v) is 4.18. The van der Waals surface area contributed by atoms with Gasteiger partial charge in [0.1, 0.15) is 6.10 Å². The van der Waals surface area contributed by atoms with Crippen molar-refractivity contribution < 1.29 is 24.5 Å². The quantitative estimate of drug-likeness (QED) is 0.667. The Morgan fingerprint density at radius 3 is 2.33 bits per heavy atom. The highest BCUT2D eigenvalue weighted by molar-refractivity contribution is 5.88. The Kier molecular flexibility index (Phi) is 3.04. The summed E-state index contributed by atoms with van der Waals surface area (Å²) in [5, 5.41) is 18.9. The molecular formula is C10H16O5. The largest absolute Gasteiger partial charge is 0.478 e. The normalized spacial score (nSPS) is 35.7. The number of aliphatic hydroxyl groups excluding tert-OH is 1. The van der Waals surface area contributed by atoms with E-state index in [4.69, 9.17) is 9.84 Å². The van der Waals surface area contributed by atoms with Crippen LogP contribution < -0.4 is 0 Å². The monoisotopic (exact) mass is 216 g/mol. The first kappa shape index (κ1) is 12.0. The fraction of sp³-hybridized carbons (Fsp3) is 0.800. The van der Waals surface area contributed by atoms with Crippen molar-refractivity contribution >= 4 is 11.9 Å². The molecule has 1 fully saturated rings. The number of esters is 1. The predicted molar refractivity (Wildman–Crippen MR) is 51.1 cm³/mol. The van der Waals surface area contributed by atoms with Crippen LogP contribution in [0.4, 0.5) is 0 Å². The maximum absolute atomic E-state index is 11.5. The summed E-state index contributed by atoms with van der Waals surface area (Å²) in [4.78, 5) is 22.5. The first-order valence-electron chi connectivity index (χ1n) is 5.01. The highest BCUT2D eigenvalue weighted by Crippen LogP contribution is 2.38. The standard InChI is InChI=1S/C10H16O5/c1-4-10(9(13)14)7(11)6(5(2)3)8(12)15-10/h5-7,11H,4H2,1-3H3,(H,13,14). The van der Waals surface area contributed by atoms with Crippen LogP contribution in [0.1, 0.15) is 27.2 Å². The molecule has 5 heteroatoms. The molecule has 1 aliphatic heterocycles. The first-order valence-corrected chi connectivity index (χ1v) is 5.01. The van der Waals surface area contributed by atoms with Gasteiger partial charge in [-0.2, -0.15) is 0 Å². The lowest BCUT2D eigenvalue weighted by Crippen LogP contribution is -2.48. The molecule has 0 aromatic carbocycles. The molecule has 3 atom stereocenters. The van der Waals surface area contributed by atoms with Gasteiger partial charge >= 0.3 is 11.9 Å². The summed E-state index contributed by atoms with van der Waals surface area (Å²) in [6.07, 6.45) is -1.20. The molecule has 1 heterocycles. The minimum Gasteiger partial charge on any atom is -0.478 e.